The minimum absolute atomic E-state index is 0.0551. The molecule has 0 radical (unpaired) electrons. The van der Waals surface area contributed by atoms with Crippen LogP contribution in [0.5, 0.6) is 0 Å². The third kappa shape index (κ3) is 6.94. The number of benzene rings is 2. The number of aliphatic carboxylic acids is 2. The molecule has 0 unspecified atom stereocenters. The lowest BCUT2D eigenvalue weighted by Crippen LogP contribution is -2.41. The first-order chi connectivity index (χ1) is 15.6. The number of nitrogens with two attached hydrogens (primary N) is 1. The molecule has 0 aliphatic heterocycles. The molecule has 0 saturated carbocycles. The van der Waals surface area contributed by atoms with Gasteiger partial charge in [-0.25, -0.2) is 14.4 Å². The van der Waals surface area contributed by atoms with Crippen molar-refractivity contribution in [3.63, 3.8) is 0 Å². The Balaban J connectivity index is 0.000000479. The van der Waals surface area contributed by atoms with Gasteiger partial charge < -0.3 is 26.0 Å². The van der Waals surface area contributed by atoms with Gasteiger partial charge in [0.05, 0.1) is 0 Å². The highest BCUT2D eigenvalue weighted by atomic mass is 19.4. The Kier molecular flexibility index (Phi) is 8.80. The van der Waals surface area contributed by atoms with E-state index in [2.05, 4.69) is 17.4 Å². The minimum atomic E-state index is -5.08. The number of alkyl carbamates (subject to hydrolysis) is 1. The Morgan fingerprint density at radius 2 is 1.48 bits per heavy atom. The zero-order chi connectivity index (χ0) is 24.6. The van der Waals surface area contributed by atoms with Gasteiger partial charge in [0.2, 0.25) is 0 Å². The van der Waals surface area contributed by atoms with Crippen LogP contribution in [-0.4, -0.2) is 53.6 Å². The normalized spacial score (nSPS) is 13.1. The van der Waals surface area contributed by atoms with E-state index in [0.29, 0.717) is 13.0 Å². The summed E-state index contributed by atoms with van der Waals surface area (Å²) in [6, 6.07) is 15.1. The van der Waals surface area contributed by atoms with Crippen LogP contribution in [-0.2, 0) is 14.3 Å². The van der Waals surface area contributed by atoms with E-state index in [1.54, 1.807) is 0 Å². The summed E-state index contributed by atoms with van der Waals surface area (Å²) in [5.41, 5.74) is 9.91. The van der Waals surface area contributed by atoms with E-state index in [9.17, 15) is 27.9 Å². The van der Waals surface area contributed by atoms with E-state index in [1.807, 2.05) is 36.4 Å². The summed E-state index contributed by atoms with van der Waals surface area (Å²) in [7, 11) is 0. The van der Waals surface area contributed by atoms with Gasteiger partial charge >= 0.3 is 24.2 Å². The van der Waals surface area contributed by atoms with Gasteiger partial charge in [0.15, 0.2) is 0 Å². The number of alkyl halides is 3. The average Bonchev–Trinajstić information content (AvgIpc) is 3.08. The van der Waals surface area contributed by atoms with Crippen molar-refractivity contribution in [3.05, 3.63) is 59.7 Å². The molecular formula is C22H23F3N2O6. The summed E-state index contributed by atoms with van der Waals surface area (Å²) in [5.74, 6) is -3.90. The lowest BCUT2D eigenvalue weighted by atomic mass is 9.98. The molecule has 3 rings (SSSR count). The Bertz CT molecular complexity index is 951. The molecule has 33 heavy (non-hydrogen) atoms. The summed E-state index contributed by atoms with van der Waals surface area (Å²) in [5, 5.41) is 18.7. The van der Waals surface area contributed by atoms with Crippen LogP contribution < -0.4 is 11.1 Å². The van der Waals surface area contributed by atoms with Crippen LogP contribution >= 0.6 is 0 Å². The molecule has 1 aliphatic carbocycles. The van der Waals surface area contributed by atoms with Gasteiger partial charge in [-0.2, -0.15) is 13.2 Å². The van der Waals surface area contributed by atoms with Crippen LogP contribution in [0.25, 0.3) is 11.1 Å². The van der Waals surface area contributed by atoms with Crippen LogP contribution in [0.3, 0.4) is 0 Å². The summed E-state index contributed by atoms with van der Waals surface area (Å²) in [6.45, 7) is 0.527. The van der Waals surface area contributed by atoms with E-state index in [-0.39, 0.29) is 18.9 Å². The monoisotopic (exact) mass is 468 g/mol. The lowest BCUT2D eigenvalue weighted by molar-refractivity contribution is -0.192. The largest absolute Gasteiger partial charge is 0.490 e. The van der Waals surface area contributed by atoms with Crippen molar-refractivity contribution in [2.75, 3.05) is 13.2 Å². The fraction of sp³-hybridized carbons (Fsp3) is 0.318. The zero-order valence-electron chi connectivity index (χ0n) is 17.3. The van der Waals surface area contributed by atoms with Gasteiger partial charge in [-0.1, -0.05) is 48.5 Å². The van der Waals surface area contributed by atoms with Gasteiger partial charge in [0.1, 0.15) is 12.6 Å². The first-order valence-electron chi connectivity index (χ1n) is 9.90. The number of amides is 1. The minimum Gasteiger partial charge on any atom is -0.480 e. The number of hydrogen-bond acceptors (Lipinski definition) is 5. The molecule has 0 saturated heterocycles. The molecule has 0 heterocycles. The molecule has 2 aromatic rings. The van der Waals surface area contributed by atoms with E-state index in [0.717, 1.165) is 22.3 Å². The number of nitrogens with one attached hydrogen (secondary N) is 1. The van der Waals surface area contributed by atoms with E-state index >= 15 is 0 Å². The first kappa shape index (κ1) is 25.7. The molecule has 0 fully saturated rings. The summed E-state index contributed by atoms with van der Waals surface area (Å²) >= 11 is 0. The molecule has 11 heteroatoms. The Morgan fingerprint density at radius 3 is 1.91 bits per heavy atom. The fourth-order valence-corrected chi connectivity index (χ4v) is 3.36. The number of ether oxygens (including phenoxy) is 1. The number of carboxylic acid groups (broad SMARTS) is 2. The second kappa shape index (κ2) is 11.3. The molecule has 0 spiro atoms. The van der Waals surface area contributed by atoms with E-state index < -0.39 is 30.2 Å². The third-order valence-corrected chi connectivity index (χ3v) is 4.87. The maximum absolute atomic E-state index is 12.1. The maximum atomic E-state index is 12.1. The van der Waals surface area contributed by atoms with Crippen molar-refractivity contribution in [3.8, 4) is 11.1 Å². The topological polar surface area (TPSA) is 139 Å². The predicted molar refractivity (Wildman–Crippen MR) is 112 cm³/mol. The van der Waals surface area contributed by atoms with Gasteiger partial charge in [-0.05, 0) is 41.6 Å². The fourth-order valence-electron chi connectivity index (χ4n) is 3.36. The van der Waals surface area contributed by atoms with Crippen molar-refractivity contribution in [1.29, 1.82) is 0 Å². The second-order valence-corrected chi connectivity index (χ2v) is 7.09. The summed E-state index contributed by atoms with van der Waals surface area (Å²) < 4.78 is 37.1. The number of carbonyl (C=O) groups is 3. The number of fused-ring (bicyclic) bond motifs is 3. The molecule has 0 aromatic heterocycles. The highest BCUT2D eigenvalue weighted by Gasteiger charge is 2.38. The molecule has 8 nitrogen and oxygen atoms in total. The standard InChI is InChI=1S/C20H22N2O4.C2HF3O2/c21-11-5-10-18(19(23)24)22-20(25)26-12-17-15-8-3-1-6-13(15)14-7-2-4-9-16(14)17;3-2(4,5)1(6)7/h1-4,6-9,17-18H,5,10-12,21H2,(H,22,25)(H,23,24);(H,6,7)/t18-;/m0./s1. The van der Waals surface area contributed by atoms with Crippen molar-refractivity contribution < 1.29 is 42.5 Å². The SMILES string of the molecule is NCCC[C@H](NC(=O)OCC1c2ccccc2-c2ccccc21)C(=O)O.O=C(O)C(F)(F)F. The van der Waals surface area contributed by atoms with Crippen LogP contribution in [0.4, 0.5) is 18.0 Å². The van der Waals surface area contributed by atoms with Gasteiger partial charge in [-0.15, -0.1) is 0 Å². The smallest absolute Gasteiger partial charge is 0.480 e. The Hall–Kier alpha value is -3.60. The number of rotatable bonds is 7. The number of hydrogen-bond donors (Lipinski definition) is 4. The number of halogens is 3. The third-order valence-electron chi connectivity index (χ3n) is 4.87. The van der Waals surface area contributed by atoms with Crippen LogP contribution in [0.1, 0.15) is 29.9 Å². The highest BCUT2D eigenvalue weighted by molar-refractivity contribution is 5.81. The maximum Gasteiger partial charge on any atom is 0.490 e. The number of carbonyl (C=O) groups excluding carboxylic acids is 1. The van der Waals surface area contributed by atoms with Crippen LogP contribution in [0.15, 0.2) is 48.5 Å². The quantitative estimate of drug-likeness (QED) is 0.489. The average molecular weight is 468 g/mol. The lowest BCUT2D eigenvalue weighted by Gasteiger charge is -2.17. The van der Waals surface area contributed by atoms with Gasteiger partial charge in [0, 0.05) is 5.92 Å². The molecule has 1 amide bonds. The second-order valence-electron chi connectivity index (χ2n) is 7.09. The molecule has 2 aromatic carbocycles. The Morgan fingerprint density at radius 1 is 1.00 bits per heavy atom. The summed E-state index contributed by atoms with van der Waals surface area (Å²) in [6.07, 6.45) is -5.02. The Labute approximate surface area is 187 Å². The molecule has 0 bridgehead atoms. The molecule has 1 atom stereocenters. The molecule has 5 N–H and O–H groups in total. The van der Waals surface area contributed by atoms with Gasteiger partial charge in [-0.3, -0.25) is 0 Å². The zero-order valence-corrected chi connectivity index (χ0v) is 17.3. The molecule has 178 valence electrons. The summed E-state index contributed by atoms with van der Waals surface area (Å²) in [4.78, 5) is 32.2. The number of carboxylic acids is 2. The first-order valence-corrected chi connectivity index (χ1v) is 9.90. The van der Waals surface area contributed by atoms with Crippen molar-refractivity contribution >= 4 is 18.0 Å². The van der Waals surface area contributed by atoms with Crippen molar-refractivity contribution in [2.24, 2.45) is 5.73 Å². The van der Waals surface area contributed by atoms with Crippen molar-refractivity contribution in [2.45, 2.75) is 31.0 Å². The molecular weight excluding hydrogens is 445 g/mol. The predicted octanol–water partition coefficient (Wildman–Crippen LogP) is 3.35. The molecule has 1 aliphatic rings. The highest BCUT2D eigenvalue weighted by Crippen LogP contribution is 2.44. The van der Waals surface area contributed by atoms with E-state index in [1.165, 1.54) is 0 Å². The van der Waals surface area contributed by atoms with Crippen molar-refractivity contribution in [1.82, 2.24) is 5.32 Å². The van der Waals surface area contributed by atoms with Crippen LogP contribution in [0, 0.1) is 0 Å². The van der Waals surface area contributed by atoms with Gasteiger partial charge in [0.25, 0.3) is 0 Å². The van der Waals surface area contributed by atoms with E-state index in [4.69, 9.17) is 20.4 Å². The van der Waals surface area contributed by atoms with Crippen LogP contribution in [0.2, 0.25) is 0 Å².